The average Bonchev–Trinajstić information content (AvgIpc) is 3.80. The molecule has 8 heteroatoms. The summed E-state index contributed by atoms with van der Waals surface area (Å²) in [6, 6.07) is 4.03. The van der Waals surface area contributed by atoms with Crippen LogP contribution in [-0.4, -0.2) is 63.2 Å². The van der Waals surface area contributed by atoms with E-state index in [9.17, 15) is 15.0 Å². The van der Waals surface area contributed by atoms with E-state index in [1.807, 2.05) is 19.1 Å². The molecule has 12 aliphatic rings. The zero-order valence-corrected chi connectivity index (χ0v) is 36.1. The van der Waals surface area contributed by atoms with Crippen molar-refractivity contribution in [3.05, 3.63) is 45.7 Å². The quantitative estimate of drug-likeness (QED) is 0.162. The van der Waals surface area contributed by atoms with Gasteiger partial charge in [-0.15, -0.1) is 11.3 Å². The number of fused-ring (bicyclic) bond motifs is 3. The van der Waals surface area contributed by atoms with E-state index < -0.39 is 39.0 Å². The first kappa shape index (κ1) is 37.7. The number of hydrogen-bond donors (Lipinski definition) is 2. The van der Waals surface area contributed by atoms with E-state index in [0.29, 0.717) is 32.2 Å². The minimum atomic E-state index is -1.23. The summed E-state index contributed by atoms with van der Waals surface area (Å²) in [6.45, 7) is 13.8. The summed E-state index contributed by atoms with van der Waals surface area (Å²) < 4.78 is 6.34. The molecule has 0 radical (unpaired) electrons. The molecule has 2 heterocycles. The molecule has 13 rings (SSSR count). The van der Waals surface area contributed by atoms with Crippen LogP contribution in [0.1, 0.15) is 145 Å². The number of amides is 1. The Bertz CT molecular complexity index is 2010. The molecule has 10 unspecified atom stereocenters. The molecular weight excluding hydrogens is 731 g/mol. The molecule has 10 atom stereocenters. The maximum Gasteiger partial charge on any atom is 0.313 e. The number of hydrogen-bond acceptors (Lipinski definition) is 7. The van der Waals surface area contributed by atoms with Gasteiger partial charge in [0.05, 0.1) is 28.5 Å². The van der Waals surface area contributed by atoms with Gasteiger partial charge in [-0.05, 0) is 163 Å². The van der Waals surface area contributed by atoms with Crippen LogP contribution < -0.4 is 0 Å². The molecule has 1 saturated heterocycles. The number of aryl methyl sites for hydroxylation is 1. The van der Waals surface area contributed by atoms with E-state index in [-0.39, 0.29) is 52.3 Å². The van der Waals surface area contributed by atoms with Gasteiger partial charge in [0.1, 0.15) is 0 Å². The van der Waals surface area contributed by atoms with Crippen LogP contribution in [-0.2, 0) is 14.3 Å². The van der Waals surface area contributed by atoms with E-state index in [4.69, 9.17) is 4.74 Å². The minimum Gasteiger partial charge on any atom is -0.448 e. The van der Waals surface area contributed by atoms with Crippen LogP contribution in [0, 0.1) is 74.4 Å². The first-order valence-electron chi connectivity index (χ1n) is 22.8. The highest BCUT2D eigenvalue weighted by Gasteiger charge is 2.78. The fourth-order valence-electron chi connectivity index (χ4n) is 17.7. The van der Waals surface area contributed by atoms with E-state index in [1.54, 1.807) is 11.3 Å². The highest BCUT2D eigenvalue weighted by Crippen LogP contribution is 2.79. The highest BCUT2D eigenvalue weighted by molar-refractivity contribution is 7.14. The Morgan fingerprint density at radius 2 is 1.47 bits per heavy atom. The molecule has 2 N–H and O–H groups in total. The van der Waals surface area contributed by atoms with Crippen LogP contribution >= 0.6 is 11.3 Å². The van der Waals surface area contributed by atoms with Crippen LogP contribution in [0.2, 0.25) is 0 Å². The third-order valence-electron chi connectivity index (χ3n) is 20.8. The predicted octanol–water partition coefficient (Wildman–Crippen LogP) is 9.00. The number of esters is 1. The summed E-state index contributed by atoms with van der Waals surface area (Å²) in [6.07, 6.45) is 20.6. The number of carbonyl (C=O) groups is 3. The Balaban J connectivity index is 1.00. The molecule has 308 valence electrons. The van der Waals surface area contributed by atoms with Crippen molar-refractivity contribution in [1.82, 2.24) is 4.90 Å². The zero-order valence-electron chi connectivity index (χ0n) is 35.3. The van der Waals surface area contributed by atoms with Crippen molar-refractivity contribution in [3.8, 4) is 0 Å². The molecule has 8 saturated carbocycles. The van der Waals surface area contributed by atoms with E-state index in [0.717, 1.165) is 84.4 Å². The molecular formula is C49H65NO6S. The maximum atomic E-state index is 15.7. The normalized spacial score (nSPS) is 51.6. The number of nitrogens with zero attached hydrogens (tertiary/aromatic N) is 1. The first-order chi connectivity index (χ1) is 26.8. The van der Waals surface area contributed by atoms with Crippen molar-refractivity contribution in [3.63, 3.8) is 0 Å². The monoisotopic (exact) mass is 795 g/mol. The lowest BCUT2D eigenvalue weighted by molar-refractivity contribution is -0.191. The summed E-state index contributed by atoms with van der Waals surface area (Å²) in [5.41, 5.74) is -4.46. The standard InChI is InChI=1S/C49H65NO6S/c1-29-7-8-35(57-29)38(52)34-26-46-16-17-48(34)36(42(46,4)12-9-33(51)25-46)10-13-43(5)37(48)11-14-47(43,55)28-50(27-45-22-30-19-31(23-45)21-32(20-30)24-45)39(53)49-18-15-44(6,40(54)56-49)41(49,2)3/h7-8,16-17,26,30-33,36-37,51,55H,9-15,18-25,27-28H2,1-6H3. The Kier molecular flexibility index (Phi) is 7.50. The largest absolute Gasteiger partial charge is 0.448 e. The van der Waals surface area contributed by atoms with E-state index >= 15 is 9.59 Å². The van der Waals surface area contributed by atoms with Gasteiger partial charge in [0.25, 0.3) is 5.91 Å². The molecule has 1 amide bonds. The van der Waals surface area contributed by atoms with E-state index in [1.165, 1.54) is 19.3 Å². The van der Waals surface area contributed by atoms with Gasteiger partial charge in [-0.3, -0.25) is 14.4 Å². The van der Waals surface area contributed by atoms with Gasteiger partial charge < -0.3 is 19.8 Å². The Hall–Kier alpha value is -2.29. The summed E-state index contributed by atoms with van der Waals surface area (Å²) in [7, 11) is 0. The Labute approximate surface area is 343 Å². The number of aliphatic hydroxyl groups excluding tert-OH is 1. The van der Waals surface area contributed by atoms with Crippen molar-refractivity contribution in [1.29, 1.82) is 0 Å². The molecule has 11 aliphatic carbocycles. The topological polar surface area (TPSA) is 104 Å². The Morgan fingerprint density at radius 3 is 2.09 bits per heavy atom. The molecule has 1 aliphatic heterocycles. The van der Waals surface area contributed by atoms with Gasteiger partial charge in [-0.25, -0.2) is 0 Å². The van der Waals surface area contributed by atoms with Gasteiger partial charge in [-0.2, -0.15) is 0 Å². The first-order valence-corrected chi connectivity index (χ1v) is 23.6. The lowest BCUT2D eigenvalue weighted by atomic mass is 9.32. The Morgan fingerprint density at radius 1 is 0.825 bits per heavy atom. The van der Waals surface area contributed by atoms with Crippen molar-refractivity contribution in [2.24, 2.45) is 67.5 Å². The molecule has 1 aromatic rings. The van der Waals surface area contributed by atoms with Crippen LogP contribution in [0.5, 0.6) is 0 Å². The molecule has 2 spiro atoms. The number of Topliss-reactive ketones (excluding diaryl/α,β-unsaturated/α-hetero) is 1. The third-order valence-corrected chi connectivity index (χ3v) is 21.8. The van der Waals surface area contributed by atoms with Gasteiger partial charge in [-0.1, -0.05) is 45.9 Å². The highest BCUT2D eigenvalue weighted by atomic mass is 32.1. The summed E-state index contributed by atoms with van der Waals surface area (Å²) in [4.78, 5) is 48.2. The van der Waals surface area contributed by atoms with Crippen LogP contribution in [0.25, 0.3) is 0 Å². The molecule has 0 aromatic carbocycles. The smallest absolute Gasteiger partial charge is 0.313 e. The van der Waals surface area contributed by atoms with Gasteiger partial charge in [0, 0.05) is 38.7 Å². The molecule has 9 fully saturated rings. The summed E-state index contributed by atoms with van der Waals surface area (Å²) >= 11 is 1.57. The van der Waals surface area contributed by atoms with Crippen LogP contribution in [0.15, 0.2) is 35.9 Å². The van der Waals surface area contributed by atoms with Crippen molar-refractivity contribution in [2.75, 3.05) is 13.1 Å². The predicted molar refractivity (Wildman–Crippen MR) is 219 cm³/mol. The zero-order chi connectivity index (χ0) is 40.0. The molecule has 57 heavy (non-hydrogen) atoms. The number of aliphatic hydroxyl groups is 2. The SMILES string of the molecule is Cc1ccc(C(=O)C2=CC34C=CC25C(CCC2(C)C5CCC2(O)CN(CC25CC6CC(CC(C6)C2)C5)C(=O)C25CCC(C)(C(=O)O2)C5(C)C)C3(C)CCC(O)C4)s1. The number of allylic oxidation sites excluding steroid dienone is 4. The second-order valence-corrected chi connectivity index (χ2v) is 24.6. The second kappa shape index (κ2) is 11.3. The number of rotatable bonds is 7. The van der Waals surface area contributed by atoms with E-state index in [2.05, 4.69) is 57.7 Å². The second-order valence-electron chi connectivity index (χ2n) is 23.3. The lowest BCUT2D eigenvalue weighted by Crippen LogP contribution is -2.68. The summed E-state index contributed by atoms with van der Waals surface area (Å²) in [5.74, 6) is 2.17. The number of ether oxygens (including phenoxy) is 1. The van der Waals surface area contributed by atoms with Crippen molar-refractivity contribution < 1.29 is 29.3 Å². The third kappa shape index (κ3) is 4.40. The van der Waals surface area contributed by atoms with Crippen LogP contribution in [0.4, 0.5) is 0 Å². The maximum absolute atomic E-state index is 15.7. The van der Waals surface area contributed by atoms with Gasteiger partial charge in [0.15, 0.2) is 11.4 Å². The van der Waals surface area contributed by atoms with Gasteiger partial charge in [0.2, 0.25) is 0 Å². The number of carbonyl (C=O) groups excluding carboxylic acids is 3. The number of thiophene rings is 1. The number of ketones is 1. The average molecular weight is 796 g/mol. The molecule has 1 aromatic heterocycles. The van der Waals surface area contributed by atoms with Crippen molar-refractivity contribution >= 4 is 29.0 Å². The summed E-state index contributed by atoms with van der Waals surface area (Å²) in [5, 5.41) is 24.8. The molecule has 7 nitrogen and oxygen atoms in total. The molecule has 8 bridgehead atoms. The lowest BCUT2D eigenvalue weighted by Gasteiger charge is -2.71. The fourth-order valence-corrected chi connectivity index (χ4v) is 18.5. The minimum absolute atomic E-state index is 0.00780. The fraction of sp³-hybridized carbons (Fsp3) is 0.776. The van der Waals surface area contributed by atoms with Crippen LogP contribution in [0.3, 0.4) is 0 Å². The van der Waals surface area contributed by atoms with Crippen molar-refractivity contribution in [2.45, 2.75) is 155 Å². The van der Waals surface area contributed by atoms with Gasteiger partial charge >= 0.3 is 5.97 Å².